The highest BCUT2D eigenvalue weighted by Gasteiger charge is 2.11. The lowest BCUT2D eigenvalue weighted by atomic mass is 10.0. The lowest BCUT2D eigenvalue weighted by molar-refractivity contribution is 0.737. The van der Waals surface area contributed by atoms with Gasteiger partial charge in [0.25, 0.3) is 0 Å². The van der Waals surface area contributed by atoms with Crippen molar-refractivity contribution in [3.05, 3.63) is 35.6 Å². The Kier molecular flexibility index (Phi) is 10.9. The van der Waals surface area contributed by atoms with Crippen molar-refractivity contribution in [2.75, 3.05) is 0 Å². The van der Waals surface area contributed by atoms with Crippen molar-refractivity contribution in [1.29, 1.82) is 0 Å². The Morgan fingerprint density at radius 3 is 1.57 bits per heavy atom. The average Bonchev–Trinajstić information content (AvgIpc) is 3.11. The Morgan fingerprint density at radius 2 is 1.35 bits per heavy atom. The first-order valence-electron chi connectivity index (χ1n) is 9.27. The fraction of sp³-hybridized carbons (Fsp3) is 0.682. The van der Waals surface area contributed by atoms with E-state index in [1.807, 2.05) is 6.20 Å². The van der Waals surface area contributed by atoms with Gasteiger partial charge in [-0.05, 0) is 35.7 Å². The summed E-state index contributed by atoms with van der Waals surface area (Å²) in [6.45, 7) is 19.9. The standard InChI is InChI=1S/C11H18.C7H11N.C4H10/c1-8(2)10-5-6-11(7-10)9(3)4;1-6(2)7-4-3-5-8-7;1-4(2)3/h5,7-9H,6H2,1-4H3;3,5-6H,4H2,1-2H3;4H,1-3H3. The van der Waals surface area contributed by atoms with Crippen LogP contribution in [0.1, 0.15) is 75.2 Å². The van der Waals surface area contributed by atoms with Gasteiger partial charge in [0.1, 0.15) is 0 Å². The van der Waals surface area contributed by atoms with E-state index in [4.69, 9.17) is 0 Å². The van der Waals surface area contributed by atoms with E-state index < -0.39 is 0 Å². The van der Waals surface area contributed by atoms with Gasteiger partial charge < -0.3 is 0 Å². The molecule has 1 heterocycles. The molecule has 0 spiro atoms. The fourth-order valence-electron chi connectivity index (χ4n) is 2.13. The van der Waals surface area contributed by atoms with Crippen molar-refractivity contribution in [2.45, 2.75) is 75.2 Å². The number of aliphatic imine (C=N–C) groups is 1. The SMILES string of the molecule is CC(C)C.CC(C)C1=CCC(C(C)C)=C1.CC(C)C1=NC=CC1. The molecule has 0 amide bonds. The van der Waals surface area contributed by atoms with Crippen LogP contribution in [0.2, 0.25) is 0 Å². The second-order valence-electron chi connectivity index (χ2n) is 8.03. The molecule has 0 unspecified atom stereocenters. The van der Waals surface area contributed by atoms with Crippen molar-refractivity contribution in [2.24, 2.45) is 28.7 Å². The maximum Gasteiger partial charge on any atom is 0.0242 e. The molecule has 0 atom stereocenters. The highest BCUT2D eigenvalue weighted by Crippen LogP contribution is 2.27. The van der Waals surface area contributed by atoms with E-state index in [0.717, 1.165) is 18.3 Å². The highest BCUT2D eigenvalue weighted by molar-refractivity contribution is 5.89. The molecule has 23 heavy (non-hydrogen) atoms. The molecule has 1 heteroatoms. The molecule has 2 rings (SSSR count). The van der Waals surface area contributed by atoms with Gasteiger partial charge in [0.05, 0.1) is 0 Å². The van der Waals surface area contributed by atoms with Crippen LogP contribution in [0.15, 0.2) is 40.6 Å². The van der Waals surface area contributed by atoms with Crippen LogP contribution >= 0.6 is 0 Å². The van der Waals surface area contributed by atoms with Crippen LogP contribution in [-0.4, -0.2) is 5.71 Å². The average molecular weight is 318 g/mol. The van der Waals surface area contributed by atoms with Crippen molar-refractivity contribution in [3.63, 3.8) is 0 Å². The third-order valence-electron chi connectivity index (χ3n) is 3.67. The van der Waals surface area contributed by atoms with Crippen LogP contribution < -0.4 is 0 Å². The van der Waals surface area contributed by atoms with Crippen molar-refractivity contribution < 1.29 is 0 Å². The van der Waals surface area contributed by atoms with E-state index in [0.29, 0.717) is 11.8 Å². The largest absolute Gasteiger partial charge is 0.265 e. The predicted octanol–water partition coefficient (Wildman–Crippen LogP) is 7.22. The first-order chi connectivity index (χ1) is 10.6. The maximum absolute atomic E-state index is 4.17. The van der Waals surface area contributed by atoms with Crippen LogP contribution in [0, 0.1) is 23.7 Å². The van der Waals surface area contributed by atoms with Crippen LogP contribution in [0.3, 0.4) is 0 Å². The molecule has 0 aromatic heterocycles. The first kappa shape index (κ1) is 21.9. The molecule has 0 saturated carbocycles. The molecule has 0 saturated heterocycles. The molecule has 1 aliphatic carbocycles. The van der Waals surface area contributed by atoms with Crippen molar-refractivity contribution in [1.82, 2.24) is 0 Å². The summed E-state index contributed by atoms with van der Waals surface area (Å²) >= 11 is 0. The minimum absolute atomic E-state index is 0.630. The van der Waals surface area contributed by atoms with Gasteiger partial charge in [-0.2, -0.15) is 0 Å². The number of allylic oxidation sites excluding steroid dienone is 5. The van der Waals surface area contributed by atoms with Crippen LogP contribution in [-0.2, 0) is 0 Å². The van der Waals surface area contributed by atoms with Gasteiger partial charge in [0.15, 0.2) is 0 Å². The minimum atomic E-state index is 0.630. The molecule has 0 radical (unpaired) electrons. The van der Waals surface area contributed by atoms with Gasteiger partial charge in [-0.1, -0.05) is 86.1 Å². The molecule has 2 aliphatic rings. The third-order valence-corrected chi connectivity index (χ3v) is 3.67. The van der Waals surface area contributed by atoms with E-state index in [-0.39, 0.29) is 0 Å². The van der Waals surface area contributed by atoms with E-state index in [1.165, 1.54) is 17.7 Å². The van der Waals surface area contributed by atoms with Crippen molar-refractivity contribution in [3.8, 4) is 0 Å². The zero-order valence-corrected chi connectivity index (χ0v) is 17.0. The monoisotopic (exact) mass is 317 g/mol. The summed E-state index contributed by atoms with van der Waals surface area (Å²) in [5.74, 6) is 2.89. The van der Waals surface area contributed by atoms with Gasteiger partial charge >= 0.3 is 0 Å². The molecule has 0 aromatic carbocycles. The molecule has 1 nitrogen and oxygen atoms in total. The maximum atomic E-state index is 4.17. The summed E-state index contributed by atoms with van der Waals surface area (Å²) in [5.41, 5.74) is 4.42. The van der Waals surface area contributed by atoms with E-state index in [9.17, 15) is 0 Å². The second kappa shape index (κ2) is 11.4. The number of hydrogen-bond acceptors (Lipinski definition) is 1. The topological polar surface area (TPSA) is 12.4 Å². The minimum Gasteiger partial charge on any atom is -0.265 e. The Labute approximate surface area is 145 Å². The second-order valence-corrected chi connectivity index (χ2v) is 8.03. The Morgan fingerprint density at radius 1 is 0.783 bits per heavy atom. The van der Waals surface area contributed by atoms with Crippen LogP contribution in [0.25, 0.3) is 0 Å². The van der Waals surface area contributed by atoms with Gasteiger partial charge in [0.2, 0.25) is 0 Å². The predicted molar refractivity (Wildman–Crippen MR) is 107 cm³/mol. The summed E-state index contributed by atoms with van der Waals surface area (Å²) in [6.07, 6.45) is 11.0. The van der Waals surface area contributed by atoms with E-state index in [1.54, 1.807) is 5.57 Å². The molecular weight excluding hydrogens is 278 g/mol. The van der Waals surface area contributed by atoms with E-state index >= 15 is 0 Å². The molecule has 0 aromatic rings. The molecule has 0 N–H and O–H groups in total. The molecule has 0 bridgehead atoms. The smallest absolute Gasteiger partial charge is 0.0242 e. The number of hydrogen-bond donors (Lipinski definition) is 0. The summed E-state index contributed by atoms with van der Waals surface area (Å²) in [6, 6.07) is 0. The molecule has 1 aliphatic heterocycles. The zero-order chi connectivity index (χ0) is 18.0. The molecular formula is C22H39N. The Hall–Kier alpha value is -1.11. The number of rotatable bonds is 3. The van der Waals surface area contributed by atoms with E-state index in [2.05, 4.69) is 85.5 Å². The van der Waals surface area contributed by atoms with Crippen molar-refractivity contribution >= 4 is 5.71 Å². The van der Waals surface area contributed by atoms with Gasteiger partial charge in [-0.25, -0.2) is 0 Å². The Bertz CT molecular complexity index is 440. The Balaban J connectivity index is 0.000000354. The third kappa shape index (κ3) is 10.3. The van der Waals surface area contributed by atoms with Gasteiger partial charge in [-0.3, -0.25) is 4.99 Å². The summed E-state index contributed by atoms with van der Waals surface area (Å²) in [5, 5.41) is 0. The lowest BCUT2D eigenvalue weighted by Crippen LogP contribution is -2.02. The zero-order valence-electron chi connectivity index (χ0n) is 17.0. The first-order valence-corrected chi connectivity index (χ1v) is 9.27. The van der Waals surface area contributed by atoms with Gasteiger partial charge in [-0.15, -0.1) is 0 Å². The highest BCUT2D eigenvalue weighted by atomic mass is 14.7. The van der Waals surface area contributed by atoms with Crippen LogP contribution in [0.4, 0.5) is 0 Å². The summed E-state index contributed by atoms with van der Waals surface area (Å²) in [7, 11) is 0. The normalized spacial score (nSPS) is 16.1. The molecule has 0 fully saturated rings. The van der Waals surface area contributed by atoms with Crippen LogP contribution in [0.5, 0.6) is 0 Å². The lowest BCUT2D eigenvalue weighted by Gasteiger charge is -2.04. The molecule has 132 valence electrons. The fourth-order valence-corrected chi connectivity index (χ4v) is 2.13. The summed E-state index contributed by atoms with van der Waals surface area (Å²) in [4.78, 5) is 4.17. The quantitative estimate of drug-likeness (QED) is 0.521. The van der Waals surface area contributed by atoms with Gasteiger partial charge in [0, 0.05) is 18.3 Å². The number of nitrogens with zero attached hydrogens (tertiary/aromatic N) is 1. The summed E-state index contributed by atoms with van der Waals surface area (Å²) < 4.78 is 0.